The van der Waals surface area contributed by atoms with Crippen molar-refractivity contribution in [2.75, 3.05) is 26.7 Å². The highest BCUT2D eigenvalue weighted by atomic mass is 19.1. The second-order valence-electron chi connectivity index (χ2n) is 6.87. The number of amides is 1. The highest BCUT2D eigenvalue weighted by molar-refractivity contribution is 5.78. The van der Waals surface area contributed by atoms with Crippen molar-refractivity contribution in [1.82, 2.24) is 9.80 Å². The number of fused-ring (bicyclic) bond motifs is 1. The van der Waals surface area contributed by atoms with Gasteiger partial charge < -0.3 is 9.64 Å². The molecule has 0 spiro atoms. The molecule has 0 N–H and O–H groups in total. The lowest BCUT2D eigenvalue weighted by Gasteiger charge is -2.55. The van der Waals surface area contributed by atoms with Gasteiger partial charge in [0.15, 0.2) is 6.61 Å². The minimum atomic E-state index is -0.352. The molecule has 0 saturated carbocycles. The highest BCUT2D eigenvalue weighted by Crippen LogP contribution is 2.38. The summed E-state index contributed by atoms with van der Waals surface area (Å²) in [5.41, 5.74) is 0.0605. The number of rotatable bonds is 3. The summed E-state index contributed by atoms with van der Waals surface area (Å²) in [5, 5.41) is 0. The molecule has 2 saturated heterocycles. The van der Waals surface area contributed by atoms with Crippen LogP contribution in [0.15, 0.2) is 24.3 Å². The number of carbonyl (C=O) groups excluding carboxylic acids is 1. The van der Waals surface area contributed by atoms with E-state index < -0.39 is 0 Å². The molecule has 1 amide bonds. The first-order valence-corrected chi connectivity index (χ1v) is 8.40. The normalized spacial score (nSPS) is 28.3. The molecular weight excluding hydrogens is 295 g/mol. The molecule has 1 aromatic rings. The number of likely N-dealkylation sites (N-methyl/N-ethyl adjacent to an activating group) is 1. The number of ether oxygens (including phenoxy) is 1. The molecule has 2 aliphatic heterocycles. The Bertz CT molecular complexity index is 580. The zero-order valence-corrected chi connectivity index (χ0v) is 13.9. The molecule has 3 rings (SSSR count). The van der Waals surface area contributed by atoms with Crippen LogP contribution >= 0.6 is 0 Å². The van der Waals surface area contributed by atoms with Gasteiger partial charge in [-0.15, -0.1) is 0 Å². The van der Waals surface area contributed by atoms with Crippen molar-refractivity contribution in [2.45, 2.75) is 44.2 Å². The number of hydrogen-bond donors (Lipinski definition) is 0. The Morgan fingerprint density at radius 2 is 2.22 bits per heavy atom. The van der Waals surface area contributed by atoms with Crippen molar-refractivity contribution >= 4 is 5.91 Å². The summed E-state index contributed by atoms with van der Waals surface area (Å²) in [7, 11) is 2.16. The third kappa shape index (κ3) is 3.20. The van der Waals surface area contributed by atoms with Crippen molar-refractivity contribution in [2.24, 2.45) is 0 Å². The Kier molecular flexibility index (Phi) is 4.57. The van der Waals surface area contributed by atoms with Gasteiger partial charge >= 0.3 is 0 Å². The average Bonchev–Trinajstić information content (AvgIpc) is 2.53. The maximum Gasteiger partial charge on any atom is 0.260 e. The maximum atomic E-state index is 13.2. The molecule has 2 heterocycles. The predicted molar refractivity (Wildman–Crippen MR) is 86.9 cm³/mol. The molecule has 1 aromatic carbocycles. The number of halogens is 1. The lowest BCUT2D eigenvalue weighted by atomic mass is 9.76. The van der Waals surface area contributed by atoms with Crippen molar-refractivity contribution < 1.29 is 13.9 Å². The van der Waals surface area contributed by atoms with Crippen LogP contribution in [0.25, 0.3) is 0 Å². The molecule has 0 bridgehead atoms. The second-order valence-corrected chi connectivity index (χ2v) is 6.87. The molecule has 23 heavy (non-hydrogen) atoms. The van der Waals surface area contributed by atoms with E-state index in [1.165, 1.54) is 12.1 Å². The van der Waals surface area contributed by atoms with Crippen LogP contribution in [-0.2, 0) is 4.79 Å². The van der Waals surface area contributed by atoms with E-state index in [1.54, 1.807) is 12.1 Å². The fraction of sp³-hybridized carbons (Fsp3) is 0.611. The summed E-state index contributed by atoms with van der Waals surface area (Å²) < 4.78 is 18.7. The highest BCUT2D eigenvalue weighted by Gasteiger charge is 2.47. The summed E-state index contributed by atoms with van der Waals surface area (Å²) in [6, 6.07) is 6.18. The van der Waals surface area contributed by atoms with E-state index in [-0.39, 0.29) is 29.9 Å². The van der Waals surface area contributed by atoms with Crippen LogP contribution in [0.1, 0.15) is 32.6 Å². The van der Waals surface area contributed by atoms with Gasteiger partial charge in [-0.05, 0) is 58.3 Å². The summed E-state index contributed by atoms with van der Waals surface area (Å²) in [6.07, 6.45) is 4.31. The van der Waals surface area contributed by atoms with E-state index in [9.17, 15) is 9.18 Å². The van der Waals surface area contributed by atoms with E-state index in [0.717, 1.165) is 38.8 Å². The first-order chi connectivity index (χ1) is 11.0. The van der Waals surface area contributed by atoms with Gasteiger partial charge in [0, 0.05) is 24.2 Å². The Balaban J connectivity index is 1.66. The fourth-order valence-electron chi connectivity index (χ4n) is 4.04. The van der Waals surface area contributed by atoms with Gasteiger partial charge in [0.2, 0.25) is 0 Å². The van der Waals surface area contributed by atoms with Gasteiger partial charge in [-0.2, -0.15) is 0 Å². The van der Waals surface area contributed by atoms with Crippen LogP contribution in [0.3, 0.4) is 0 Å². The minimum absolute atomic E-state index is 0.000450. The molecule has 0 radical (unpaired) electrons. The summed E-state index contributed by atoms with van der Waals surface area (Å²) in [5.74, 6) is 0.0498. The van der Waals surface area contributed by atoms with E-state index in [0.29, 0.717) is 5.75 Å². The van der Waals surface area contributed by atoms with Crippen molar-refractivity contribution in [1.29, 1.82) is 0 Å². The molecule has 0 aliphatic carbocycles. The first kappa shape index (κ1) is 16.2. The molecular formula is C18H25FN2O2. The Morgan fingerprint density at radius 3 is 3.00 bits per heavy atom. The van der Waals surface area contributed by atoms with Gasteiger partial charge in [-0.25, -0.2) is 4.39 Å². The topological polar surface area (TPSA) is 32.8 Å². The van der Waals surface area contributed by atoms with Crippen molar-refractivity contribution in [3.63, 3.8) is 0 Å². The largest absolute Gasteiger partial charge is 0.484 e. The average molecular weight is 320 g/mol. The second kappa shape index (κ2) is 6.48. The first-order valence-electron chi connectivity index (χ1n) is 8.40. The van der Waals surface area contributed by atoms with Gasteiger partial charge in [-0.1, -0.05) is 6.07 Å². The molecule has 0 aromatic heterocycles. The number of nitrogens with zero attached hydrogens (tertiary/aromatic N) is 2. The molecule has 2 atom stereocenters. The number of benzene rings is 1. The van der Waals surface area contributed by atoms with Crippen molar-refractivity contribution in [3.05, 3.63) is 30.1 Å². The zero-order valence-electron chi connectivity index (χ0n) is 13.9. The minimum Gasteiger partial charge on any atom is -0.484 e. The van der Waals surface area contributed by atoms with Crippen LogP contribution in [0, 0.1) is 5.82 Å². The molecule has 4 nitrogen and oxygen atoms in total. The number of carbonyl (C=O) groups is 1. The van der Waals surface area contributed by atoms with E-state index >= 15 is 0 Å². The molecule has 126 valence electrons. The molecule has 2 aliphatic rings. The molecule has 0 unspecified atom stereocenters. The van der Waals surface area contributed by atoms with E-state index in [1.807, 2.05) is 4.90 Å². The SMILES string of the molecule is CN1CCC[C@@H]2N(C(=O)COc3cccc(F)c3)CCC[C@@]21C. The number of piperidine rings is 2. The quantitative estimate of drug-likeness (QED) is 0.858. The third-order valence-corrected chi connectivity index (χ3v) is 5.50. The Hall–Kier alpha value is -1.62. The monoisotopic (exact) mass is 320 g/mol. The van der Waals surface area contributed by atoms with E-state index in [2.05, 4.69) is 18.9 Å². The van der Waals surface area contributed by atoms with Gasteiger partial charge in [0.25, 0.3) is 5.91 Å². The number of hydrogen-bond acceptors (Lipinski definition) is 3. The summed E-state index contributed by atoms with van der Waals surface area (Å²) in [6.45, 7) is 4.12. The summed E-state index contributed by atoms with van der Waals surface area (Å²) >= 11 is 0. The third-order valence-electron chi connectivity index (χ3n) is 5.50. The van der Waals surface area contributed by atoms with Gasteiger partial charge in [0.05, 0.1) is 0 Å². The Morgan fingerprint density at radius 1 is 1.39 bits per heavy atom. The zero-order chi connectivity index (χ0) is 16.4. The fourth-order valence-corrected chi connectivity index (χ4v) is 4.04. The van der Waals surface area contributed by atoms with Gasteiger partial charge in [-0.3, -0.25) is 9.69 Å². The van der Waals surface area contributed by atoms with E-state index in [4.69, 9.17) is 4.74 Å². The standard InChI is InChI=1S/C18H25FN2O2/c1-18-9-5-11-21(16(18)8-4-10-20(18)2)17(22)13-23-15-7-3-6-14(19)12-15/h3,6-7,12,16H,4-5,8-11,13H2,1-2H3/t16-,18-/m0/s1. The van der Waals surface area contributed by atoms with Gasteiger partial charge in [0.1, 0.15) is 11.6 Å². The molecule has 2 fully saturated rings. The summed E-state index contributed by atoms with van der Waals surface area (Å²) in [4.78, 5) is 17.0. The van der Waals surface area contributed by atoms with Crippen molar-refractivity contribution in [3.8, 4) is 5.75 Å². The maximum absolute atomic E-state index is 13.2. The van der Waals surface area contributed by atoms with Crippen LogP contribution in [0.5, 0.6) is 5.75 Å². The number of likely N-dealkylation sites (tertiary alicyclic amines) is 2. The lowest BCUT2D eigenvalue weighted by molar-refractivity contribution is -0.145. The van der Waals surface area contributed by atoms with Crippen LogP contribution in [0.2, 0.25) is 0 Å². The smallest absolute Gasteiger partial charge is 0.260 e. The Labute approximate surface area is 137 Å². The van der Waals surface area contributed by atoms with Crippen LogP contribution in [-0.4, -0.2) is 54.0 Å². The van der Waals surface area contributed by atoms with Crippen LogP contribution in [0.4, 0.5) is 4.39 Å². The predicted octanol–water partition coefficient (Wildman–Crippen LogP) is 2.68. The van der Waals surface area contributed by atoms with Crippen LogP contribution < -0.4 is 4.74 Å². The molecule has 5 heteroatoms. The lowest BCUT2D eigenvalue weighted by Crippen LogP contribution is -2.66.